The quantitative estimate of drug-likeness (QED) is 0.425. The van der Waals surface area contributed by atoms with Gasteiger partial charge in [0.15, 0.2) is 5.82 Å². The van der Waals surface area contributed by atoms with Crippen LogP contribution >= 0.6 is 0 Å². The first-order valence-corrected chi connectivity index (χ1v) is 9.87. The molecular formula is C22H18N8O2. The van der Waals surface area contributed by atoms with Crippen molar-refractivity contribution in [3.8, 4) is 0 Å². The first-order valence-electron chi connectivity index (χ1n) is 9.87. The van der Waals surface area contributed by atoms with Gasteiger partial charge in [-0.15, -0.1) is 15.3 Å². The van der Waals surface area contributed by atoms with E-state index in [0.29, 0.717) is 23.7 Å². The van der Waals surface area contributed by atoms with E-state index in [2.05, 4.69) is 30.7 Å². The number of aromatic amines is 1. The molecule has 0 radical (unpaired) electrons. The molecule has 0 saturated heterocycles. The van der Waals surface area contributed by atoms with E-state index < -0.39 is 0 Å². The third-order valence-corrected chi connectivity index (χ3v) is 4.87. The number of pyridine rings is 1. The number of carbonyl (C=O) groups is 1. The van der Waals surface area contributed by atoms with Crippen LogP contribution in [0.25, 0.3) is 10.9 Å². The number of nitrogens with one attached hydrogen (secondary N) is 1. The van der Waals surface area contributed by atoms with Gasteiger partial charge < -0.3 is 9.74 Å². The van der Waals surface area contributed by atoms with E-state index in [1.807, 2.05) is 48.5 Å². The van der Waals surface area contributed by atoms with Crippen LogP contribution < -0.4 is 9.74 Å². The summed E-state index contributed by atoms with van der Waals surface area (Å²) in [6.45, 7) is 0.539. The molecule has 0 saturated carbocycles. The van der Waals surface area contributed by atoms with E-state index in [9.17, 15) is 4.79 Å². The van der Waals surface area contributed by atoms with Gasteiger partial charge >= 0.3 is 0 Å². The molecule has 1 N–H and O–H groups in total. The van der Waals surface area contributed by atoms with E-state index in [1.165, 1.54) is 11.0 Å². The smallest absolute Gasteiger partial charge is 0.260 e. The summed E-state index contributed by atoms with van der Waals surface area (Å²) < 4.78 is 0. The summed E-state index contributed by atoms with van der Waals surface area (Å²) in [5, 5.41) is 19.1. The normalized spacial score (nSPS) is 10.9. The lowest BCUT2D eigenvalue weighted by Gasteiger charge is -2.21. The Morgan fingerprint density at radius 1 is 1.06 bits per heavy atom. The monoisotopic (exact) mass is 426 g/mol. The molecule has 158 valence electrons. The van der Waals surface area contributed by atoms with Gasteiger partial charge in [0.05, 0.1) is 18.3 Å². The Morgan fingerprint density at radius 2 is 1.97 bits per heavy atom. The summed E-state index contributed by atoms with van der Waals surface area (Å²) in [7, 11) is 0. The van der Waals surface area contributed by atoms with E-state index in [-0.39, 0.29) is 12.5 Å². The number of aromatic nitrogens is 7. The van der Waals surface area contributed by atoms with Crippen LogP contribution in [0.15, 0.2) is 79.3 Å². The zero-order chi connectivity index (χ0) is 21.8. The highest BCUT2D eigenvalue weighted by Crippen LogP contribution is 2.24. The zero-order valence-electron chi connectivity index (χ0n) is 16.9. The van der Waals surface area contributed by atoms with Gasteiger partial charge in [-0.3, -0.25) is 9.78 Å². The highest BCUT2D eigenvalue weighted by atomic mass is 16.7. The number of rotatable bonds is 7. The lowest BCUT2D eigenvalue weighted by Crippen LogP contribution is -2.31. The highest BCUT2D eigenvalue weighted by molar-refractivity contribution is 6.06. The molecule has 10 heteroatoms. The Morgan fingerprint density at radius 3 is 2.75 bits per heavy atom. The van der Waals surface area contributed by atoms with Crippen molar-refractivity contribution in [2.75, 3.05) is 4.90 Å². The van der Waals surface area contributed by atoms with Crippen molar-refractivity contribution in [1.29, 1.82) is 0 Å². The van der Waals surface area contributed by atoms with Crippen molar-refractivity contribution < 1.29 is 9.63 Å². The van der Waals surface area contributed by atoms with Crippen LogP contribution in [0.1, 0.15) is 21.7 Å². The maximum Gasteiger partial charge on any atom is 0.260 e. The number of amides is 1. The minimum absolute atomic E-state index is 0.147. The number of fused-ring (bicyclic) bond motifs is 1. The Balaban J connectivity index is 1.44. The minimum Gasteiger partial charge on any atom is -0.391 e. The summed E-state index contributed by atoms with van der Waals surface area (Å²) in [6, 6.07) is 18.9. The van der Waals surface area contributed by atoms with E-state index in [0.717, 1.165) is 16.5 Å². The predicted molar refractivity (Wildman–Crippen MR) is 115 cm³/mol. The molecule has 0 atom stereocenters. The Bertz CT molecular complexity index is 1320. The van der Waals surface area contributed by atoms with Crippen LogP contribution in [0.5, 0.6) is 0 Å². The van der Waals surface area contributed by atoms with Crippen molar-refractivity contribution in [2.24, 2.45) is 0 Å². The van der Waals surface area contributed by atoms with E-state index >= 15 is 0 Å². The standard InChI is InChI=1S/C22H18N8O2/c31-22(17-7-4-10-23-12-17)29(14-21-25-27-28-26-21)19-8-9-20-18(11-19)13-24-30(20)32-15-16-5-2-1-3-6-16/h1-13H,14-15H2,(H,25,26,27,28). The van der Waals surface area contributed by atoms with Crippen LogP contribution in [0.4, 0.5) is 5.69 Å². The predicted octanol–water partition coefficient (Wildman–Crippen LogP) is 2.42. The molecule has 2 aromatic carbocycles. The number of hydrogen-bond acceptors (Lipinski definition) is 7. The summed E-state index contributed by atoms with van der Waals surface area (Å²) in [5.41, 5.74) is 2.95. The zero-order valence-corrected chi connectivity index (χ0v) is 16.9. The van der Waals surface area contributed by atoms with Gasteiger partial charge in [0.25, 0.3) is 5.91 Å². The molecule has 0 aliphatic heterocycles. The third-order valence-electron chi connectivity index (χ3n) is 4.87. The van der Waals surface area contributed by atoms with Crippen LogP contribution in [-0.4, -0.2) is 41.5 Å². The average Bonchev–Trinajstić information content (AvgIpc) is 3.51. The molecule has 3 heterocycles. The summed E-state index contributed by atoms with van der Waals surface area (Å²) >= 11 is 0. The molecule has 5 aromatic rings. The number of H-pyrrole nitrogens is 1. The van der Waals surface area contributed by atoms with Crippen LogP contribution in [0, 0.1) is 0 Å². The highest BCUT2D eigenvalue weighted by Gasteiger charge is 2.21. The van der Waals surface area contributed by atoms with Gasteiger partial charge in [-0.05, 0) is 35.9 Å². The number of hydrogen-bond donors (Lipinski definition) is 1. The molecule has 32 heavy (non-hydrogen) atoms. The molecule has 3 aromatic heterocycles. The van der Waals surface area contributed by atoms with Gasteiger partial charge in [-0.1, -0.05) is 40.4 Å². The number of anilines is 1. The van der Waals surface area contributed by atoms with Gasteiger partial charge in [0, 0.05) is 23.5 Å². The first kappa shape index (κ1) is 19.4. The van der Waals surface area contributed by atoms with Crippen molar-refractivity contribution in [2.45, 2.75) is 13.2 Å². The fourth-order valence-corrected chi connectivity index (χ4v) is 3.29. The van der Waals surface area contributed by atoms with Crippen molar-refractivity contribution >= 4 is 22.5 Å². The van der Waals surface area contributed by atoms with Crippen LogP contribution in [-0.2, 0) is 13.2 Å². The third kappa shape index (κ3) is 4.01. The van der Waals surface area contributed by atoms with Crippen molar-refractivity contribution in [3.63, 3.8) is 0 Å². The molecule has 0 spiro atoms. The second kappa shape index (κ2) is 8.64. The van der Waals surface area contributed by atoms with Gasteiger partial charge in [-0.2, -0.15) is 5.21 Å². The lowest BCUT2D eigenvalue weighted by atomic mass is 10.2. The topological polar surface area (TPSA) is 115 Å². The fourth-order valence-electron chi connectivity index (χ4n) is 3.29. The molecular weight excluding hydrogens is 408 g/mol. The maximum absolute atomic E-state index is 13.2. The minimum atomic E-state index is -0.227. The largest absolute Gasteiger partial charge is 0.391 e. The molecule has 0 aliphatic rings. The number of tetrazole rings is 1. The molecule has 0 bridgehead atoms. The summed E-state index contributed by atoms with van der Waals surface area (Å²) in [4.78, 5) is 26.2. The SMILES string of the molecule is O=C(c1cccnc1)N(Cc1nn[nH]n1)c1ccc2c(cnn2OCc2ccccc2)c1. The van der Waals surface area contributed by atoms with E-state index in [4.69, 9.17) is 4.84 Å². The molecule has 0 unspecified atom stereocenters. The Kier molecular flexibility index (Phi) is 5.23. The number of carbonyl (C=O) groups excluding carboxylic acids is 1. The Labute approximate surface area is 182 Å². The van der Waals surface area contributed by atoms with Gasteiger partial charge in [-0.25, -0.2) is 0 Å². The number of benzene rings is 2. The van der Waals surface area contributed by atoms with E-state index in [1.54, 1.807) is 29.4 Å². The van der Waals surface area contributed by atoms with Crippen LogP contribution in [0.2, 0.25) is 0 Å². The fraction of sp³-hybridized carbons (Fsp3) is 0.0909. The summed E-state index contributed by atoms with van der Waals surface area (Å²) in [6.07, 6.45) is 4.85. The van der Waals surface area contributed by atoms with Gasteiger partial charge in [0.1, 0.15) is 12.1 Å². The maximum atomic E-state index is 13.2. The second-order valence-corrected chi connectivity index (χ2v) is 6.98. The van der Waals surface area contributed by atoms with Crippen LogP contribution in [0.3, 0.4) is 0 Å². The molecule has 0 aliphatic carbocycles. The first-order chi connectivity index (χ1) is 15.8. The number of nitrogens with zero attached hydrogens (tertiary/aromatic N) is 7. The second-order valence-electron chi connectivity index (χ2n) is 6.98. The molecule has 5 rings (SSSR count). The van der Waals surface area contributed by atoms with Crippen molar-refractivity contribution in [1.82, 2.24) is 35.6 Å². The van der Waals surface area contributed by atoms with Gasteiger partial charge in [0.2, 0.25) is 0 Å². The van der Waals surface area contributed by atoms with Crippen molar-refractivity contribution in [3.05, 3.63) is 96.2 Å². The molecule has 0 fully saturated rings. The average molecular weight is 426 g/mol. The molecule has 10 nitrogen and oxygen atoms in total. The Hall–Kier alpha value is -4.60. The molecule has 1 amide bonds. The lowest BCUT2D eigenvalue weighted by molar-refractivity contribution is 0.0795. The summed E-state index contributed by atoms with van der Waals surface area (Å²) in [5.74, 6) is 0.166.